The number of nitrogens with one attached hydrogen (secondary N) is 2. The Hall–Kier alpha value is -0.170. The van der Waals surface area contributed by atoms with Gasteiger partial charge in [0.05, 0.1) is 5.75 Å². The fourth-order valence-corrected chi connectivity index (χ4v) is 3.57. The number of hydrogen-bond donors (Lipinski definition) is 2. The Kier molecular flexibility index (Phi) is 7.90. The number of rotatable bonds is 10. The molecule has 1 heterocycles. The lowest BCUT2D eigenvalue weighted by atomic mass is 10.1. The molecule has 0 radical (unpaired) electrons. The van der Waals surface area contributed by atoms with Gasteiger partial charge in [-0.3, -0.25) is 0 Å². The van der Waals surface area contributed by atoms with Crippen molar-refractivity contribution in [2.24, 2.45) is 5.92 Å². The van der Waals surface area contributed by atoms with Crippen molar-refractivity contribution >= 4 is 10.0 Å². The summed E-state index contributed by atoms with van der Waals surface area (Å²) in [5.41, 5.74) is 0. The van der Waals surface area contributed by atoms with Gasteiger partial charge in [0.2, 0.25) is 10.0 Å². The minimum absolute atomic E-state index is 0.253. The molecule has 0 spiro atoms. The first-order valence-corrected chi connectivity index (χ1v) is 9.05. The number of unbranched alkanes of at least 4 members (excludes halogenated alkanes) is 1. The highest BCUT2D eigenvalue weighted by Crippen LogP contribution is 2.13. The van der Waals surface area contributed by atoms with E-state index in [4.69, 9.17) is 0 Å². The molecule has 0 saturated carbocycles. The molecule has 0 amide bonds. The molecule has 1 unspecified atom stereocenters. The summed E-state index contributed by atoms with van der Waals surface area (Å²) in [5.74, 6) is 0.731. The summed E-state index contributed by atoms with van der Waals surface area (Å²) in [5, 5.41) is 3.28. The summed E-state index contributed by atoms with van der Waals surface area (Å²) in [6.45, 7) is 6.73. The van der Waals surface area contributed by atoms with E-state index >= 15 is 0 Å². The fraction of sp³-hybridized carbons (Fsp3) is 1.00. The number of likely N-dealkylation sites (tertiary alicyclic amines) is 1. The first-order valence-electron chi connectivity index (χ1n) is 7.40. The molecule has 1 aliphatic rings. The molecule has 0 bridgehead atoms. The van der Waals surface area contributed by atoms with Gasteiger partial charge in [-0.2, -0.15) is 0 Å². The topological polar surface area (TPSA) is 61.4 Å². The number of nitrogens with zero attached hydrogens (tertiary/aromatic N) is 1. The number of sulfonamides is 1. The molecular weight excluding hydrogens is 262 g/mol. The van der Waals surface area contributed by atoms with Gasteiger partial charge in [0.15, 0.2) is 0 Å². The minimum Gasteiger partial charge on any atom is -0.317 e. The first kappa shape index (κ1) is 16.9. The summed E-state index contributed by atoms with van der Waals surface area (Å²) in [4.78, 5) is 2.25. The molecule has 0 aromatic heterocycles. The SMILES string of the molecule is CCCNCCCCS(=O)(=O)NCC1CCN(C)C1. The van der Waals surface area contributed by atoms with E-state index in [-0.39, 0.29) is 5.75 Å². The maximum atomic E-state index is 11.8. The fourth-order valence-electron chi connectivity index (χ4n) is 2.35. The van der Waals surface area contributed by atoms with E-state index in [1.165, 1.54) is 0 Å². The molecule has 6 heteroatoms. The summed E-state index contributed by atoms with van der Waals surface area (Å²) >= 11 is 0. The lowest BCUT2D eigenvalue weighted by molar-refractivity contribution is 0.394. The monoisotopic (exact) mass is 291 g/mol. The van der Waals surface area contributed by atoms with Crippen LogP contribution in [0.2, 0.25) is 0 Å². The van der Waals surface area contributed by atoms with Crippen LogP contribution in [0.4, 0.5) is 0 Å². The van der Waals surface area contributed by atoms with E-state index in [9.17, 15) is 8.42 Å². The van der Waals surface area contributed by atoms with Gasteiger partial charge in [-0.05, 0) is 58.3 Å². The van der Waals surface area contributed by atoms with Crippen LogP contribution < -0.4 is 10.0 Å². The van der Waals surface area contributed by atoms with Crippen LogP contribution in [0, 0.1) is 5.92 Å². The normalized spacial score (nSPS) is 21.1. The zero-order chi connectivity index (χ0) is 14.1. The van der Waals surface area contributed by atoms with Crippen molar-refractivity contribution in [1.82, 2.24) is 14.9 Å². The van der Waals surface area contributed by atoms with Gasteiger partial charge in [0.25, 0.3) is 0 Å². The lowest BCUT2D eigenvalue weighted by Gasteiger charge is -2.12. The molecule has 5 nitrogen and oxygen atoms in total. The van der Waals surface area contributed by atoms with E-state index in [0.717, 1.165) is 51.9 Å². The lowest BCUT2D eigenvalue weighted by Crippen LogP contribution is -2.32. The number of hydrogen-bond acceptors (Lipinski definition) is 4. The van der Waals surface area contributed by atoms with E-state index < -0.39 is 10.0 Å². The molecule has 1 saturated heterocycles. The predicted molar refractivity (Wildman–Crippen MR) is 79.8 cm³/mol. The average Bonchev–Trinajstić information content (AvgIpc) is 2.77. The Morgan fingerprint density at radius 2 is 2.05 bits per heavy atom. The molecule has 1 atom stereocenters. The van der Waals surface area contributed by atoms with Crippen LogP contribution in [0.5, 0.6) is 0 Å². The van der Waals surface area contributed by atoms with Gasteiger partial charge in [-0.15, -0.1) is 0 Å². The van der Waals surface area contributed by atoms with Crippen LogP contribution in [0.15, 0.2) is 0 Å². The molecule has 1 rings (SSSR count). The maximum absolute atomic E-state index is 11.8. The summed E-state index contributed by atoms with van der Waals surface area (Å²) in [6.07, 6.45) is 3.87. The van der Waals surface area contributed by atoms with Crippen LogP contribution in [0.3, 0.4) is 0 Å². The molecule has 0 aromatic carbocycles. The van der Waals surface area contributed by atoms with Crippen LogP contribution in [-0.2, 0) is 10.0 Å². The van der Waals surface area contributed by atoms with Crippen molar-refractivity contribution in [2.75, 3.05) is 45.5 Å². The van der Waals surface area contributed by atoms with Gasteiger partial charge in [-0.1, -0.05) is 6.92 Å². The minimum atomic E-state index is -3.08. The first-order chi connectivity index (χ1) is 9.03. The highest BCUT2D eigenvalue weighted by atomic mass is 32.2. The smallest absolute Gasteiger partial charge is 0.211 e. The predicted octanol–water partition coefficient (Wildman–Crippen LogP) is 0.637. The molecule has 2 N–H and O–H groups in total. The second-order valence-corrected chi connectivity index (χ2v) is 7.47. The zero-order valence-corrected chi connectivity index (χ0v) is 13.1. The van der Waals surface area contributed by atoms with Gasteiger partial charge in [0, 0.05) is 13.1 Å². The maximum Gasteiger partial charge on any atom is 0.211 e. The standard InChI is InChI=1S/C13H29N3O2S/c1-3-7-14-8-4-5-10-19(17,18)15-11-13-6-9-16(2)12-13/h13-15H,3-12H2,1-2H3. The Morgan fingerprint density at radius 3 is 2.68 bits per heavy atom. The second-order valence-electron chi connectivity index (χ2n) is 5.54. The Labute approximate surface area is 118 Å². The summed E-state index contributed by atoms with van der Waals surface area (Å²) < 4.78 is 26.4. The van der Waals surface area contributed by atoms with Gasteiger partial charge in [0.1, 0.15) is 0 Å². The van der Waals surface area contributed by atoms with Crippen molar-refractivity contribution in [2.45, 2.75) is 32.6 Å². The van der Waals surface area contributed by atoms with E-state index in [1.54, 1.807) is 0 Å². The molecular formula is C13H29N3O2S. The van der Waals surface area contributed by atoms with E-state index in [1.807, 2.05) is 0 Å². The van der Waals surface area contributed by atoms with Crippen molar-refractivity contribution in [3.63, 3.8) is 0 Å². The average molecular weight is 291 g/mol. The zero-order valence-electron chi connectivity index (χ0n) is 12.3. The van der Waals surface area contributed by atoms with Crippen LogP contribution in [0.1, 0.15) is 32.6 Å². The Morgan fingerprint density at radius 1 is 1.26 bits per heavy atom. The third kappa shape index (κ3) is 7.87. The largest absolute Gasteiger partial charge is 0.317 e. The van der Waals surface area contributed by atoms with E-state index in [2.05, 4.69) is 28.9 Å². The Bertz CT molecular complexity index is 333. The van der Waals surface area contributed by atoms with Crippen molar-refractivity contribution in [1.29, 1.82) is 0 Å². The highest BCUT2D eigenvalue weighted by Gasteiger charge is 2.21. The molecule has 1 fully saturated rings. The van der Waals surface area contributed by atoms with Crippen LogP contribution in [-0.4, -0.2) is 58.8 Å². The molecule has 0 aromatic rings. The molecule has 19 heavy (non-hydrogen) atoms. The quantitative estimate of drug-likeness (QED) is 0.580. The van der Waals surface area contributed by atoms with Gasteiger partial charge in [-0.25, -0.2) is 13.1 Å². The summed E-state index contributed by atoms with van der Waals surface area (Å²) in [6, 6.07) is 0. The van der Waals surface area contributed by atoms with Gasteiger partial charge < -0.3 is 10.2 Å². The van der Waals surface area contributed by atoms with Crippen LogP contribution in [0.25, 0.3) is 0 Å². The Balaban J connectivity index is 2.07. The molecule has 1 aliphatic heterocycles. The summed E-state index contributed by atoms with van der Waals surface area (Å²) in [7, 11) is -0.994. The second kappa shape index (κ2) is 8.89. The molecule has 0 aliphatic carbocycles. The third-order valence-electron chi connectivity index (χ3n) is 3.52. The van der Waals surface area contributed by atoms with Crippen molar-refractivity contribution in [3.05, 3.63) is 0 Å². The van der Waals surface area contributed by atoms with Gasteiger partial charge >= 0.3 is 0 Å². The van der Waals surface area contributed by atoms with Crippen LogP contribution >= 0.6 is 0 Å². The highest BCUT2D eigenvalue weighted by molar-refractivity contribution is 7.89. The third-order valence-corrected chi connectivity index (χ3v) is 4.96. The van der Waals surface area contributed by atoms with Crippen molar-refractivity contribution in [3.8, 4) is 0 Å². The molecule has 114 valence electrons. The van der Waals surface area contributed by atoms with Crippen molar-refractivity contribution < 1.29 is 8.42 Å². The van der Waals surface area contributed by atoms with E-state index in [0.29, 0.717) is 12.5 Å².